The lowest BCUT2D eigenvalue weighted by atomic mass is 10.0. The summed E-state index contributed by atoms with van der Waals surface area (Å²) in [5.41, 5.74) is 1.06. The van der Waals surface area contributed by atoms with E-state index >= 15 is 0 Å². The van der Waals surface area contributed by atoms with Crippen molar-refractivity contribution in [3.8, 4) is 5.69 Å². The molecule has 7 nitrogen and oxygen atoms in total. The number of nitrogens with zero attached hydrogens (tertiary/aromatic N) is 4. The maximum atomic E-state index is 12.8. The Hall–Kier alpha value is -2.83. The van der Waals surface area contributed by atoms with Crippen molar-refractivity contribution in [3.63, 3.8) is 0 Å². The van der Waals surface area contributed by atoms with E-state index in [0.717, 1.165) is 18.5 Å². The lowest BCUT2D eigenvalue weighted by molar-refractivity contribution is 0.0160. The molecule has 3 rings (SSSR count). The number of carbonyl (C=O) groups is 2. The zero-order valence-electron chi connectivity index (χ0n) is 17.0. The second-order valence-corrected chi connectivity index (χ2v) is 8.11. The predicted octanol–water partition coefficient (Wildman–Crippen LogP) is 3.34. The van der Waals surface area contributed by atoms with Crippen LogP contribution in [-0.4, -0.2) is 63.4 Å². The lowest BCUT2D eigenvalue weighted by Crippen LogP contribution is -2.48. The summed E-state index contributed by atoms with van der Waals surface area (Å²) in [6.07, 6.45) is 4.78. The Bertz CT molecular complexity index is 801. The van der Waals surface area contributed by atoms with Gasteiger partial charge in [-0.05, 0) is 63.9 Å². The fourth-order valence-corrected chi connectivity index (χ4v) is 3.31. The highest BCUT2D eigenvalue weighted by atomic mass is 16.6. The molecular formula is C21H28N4O3. The summed E-state index contributed by atoms with van der Waals surface area (Å²) >= 11 is 0. The second kappa shape index (κ2) is 8.04. The maximum absolute atomic E-state index is 12.8. The van der Waals surface area contributed by atoms with Crippen LogP contribution in [0.15, 0.2) is 42.7 Å². The number of aromatic nitrogens is 2. The first kappa shape index (κ1) is 19.9. The van der Waals surface area contributed by atoms with Crippen molar-refractivity contribution in [3.05, 3.63) is 48.3 Å². The number of likely N-dealkylation sites (tertiary alicyclic amines) is 1. The van der Waals surface area contributed by atoms with E-state index in [-0.39, 0.29) is 18.0 Å². The van der Waals surface area contributed by atoms with Gasteiger partial charge in [-0.15, -0.1) is 0 Å². The van der Waals surface area contributed by atoms with Gasteiger partial charge in [0.05, 0.1) is 5.69 Å². The minimum Gasteiger partial charge on any atom is -0.444 e. The van der Waals surface area contributed by atoms with Crippen molar-refractivity contribution in [2.24, 2.45) is 0 Å². The quantitative estimate of drug-likeness (QED) is 0.814. The normalized spacial score (nSPS) is 15.4. The maximum Gasteiger partial charge on any atom is 0.410 e. The van der Waals surface area contributed by atoms with Crippen molar-refractivity contribution in [1.82, 2.24) is 19.6 Å². The van der Waals surface area contributed by atoms with Crippen LogP contribution in [0.4, 0.5) is 4.79 Å². The van der Waals surface area contributed by atoms with Gasteiger partial charge in [0.2, 0.25) is 0 Å². The Morgan fingerprint density at radius 2 is 1.79 bits per heavy atom. The molecule has 0 N–H and O–H groups in total. The smallest absolute Gasteiger partial charge is 0.410 e. The molecule has 2 aromatic rings. The van der Waals surface area contributed by atoms with Gasteiger partial charge < -0.3 is 14.5 Å². The van der Waals surface area contributed by atoms with Crippen LogP contribution in [0.5, 0.6) is 0 Å². The summed E-state index contributed by atoms with van der Waals surface area (Å²) in [5, 5.41) is 4.19. The third-order valence-electron chi connectivity index (χ3n) is 4.87. The van der Waals surface area contributed by atoms with E-state index in [1.54, 1.807) is 20.7 Å². The summed E-state index contributed by atoms with van der Waals surface area (Å²) in [6, 6.07) is 9.39. The van der Waals surface area contributed by atoms with Crippen molar-refractivity contribution < 1.29 is 14.3 Å². The first-order valence-corrected chi connectivity index (χ1v) is 9.60. The van der Waals surface area contributed by atoms with Crippen molar-refractivity contribution in [2.45, 2.75) is 45.3 Å². The third kappa shape index (κ3) is 4.71. The third-order valence-corrected chi connectivity index (χ3v) is 4.87. The average molecular weight is 384 g/mol. The Kier molecular flexibility index (Phi) is 5.72. The number of amides is 2. The van der Waals surface area contributed by atoms with Gasteiger partial charge in [0.15, 0.2) is 0 Å². The highest BCUT2D eigenvalue weighted by molar-refractivity contribution is 5.94. The monoisotopic (exact) mass is 384 g/mol. The molecule has 1 aliphatic rings. The Labute approximate surface area is 165 Å². The first-order chi connectivity index (χ1) is 13.2. The summed E-state index contributed by atoms with van der Waals surface area (Å²) < 4.78 is 7.19. The molecule has 28 heavy (non-hydrogen) atoms. The summed E-state index contributed by atoms with van der Waals surface area (Å²) in [7, 11) is 1.83. The minimum atomic E-state index is -0.497. The molecule has 1 aromatic carbocycles. The number of carbonyl (C=O) groups excluding carboxylic acids is 2. The molecule has 0 saturated carbocycles. The number of benzene rings is 1. The van der Waals surface area contributed by atoms with E-state index in [1.807, 2.05) is 64.3 Å². The van der Waals surface area contributed by atoms with Gasteiger partial charge in [-0.25, -0.2) is 9.48 Å². The Morgan fingerprint density at radius 3 is 2.32 bits per heavy atom. The molecule has 0 atom stereocenters. The Morgan fingerprint density at radius 1 is 1.14 bits per heavy atom. The predicted molar refractivity (Wildman–Crippen MR) is 106 cm³/mol. The molecule has 0 aliphatic carbocycles. The van der Waals surface area contributed by atoms with Gasteiger partial charge in [0.1, 0.15) is 5.60 Å². The fraction of sp³-hybridized carbons (Fsp3) is 0.476. The highest BCUT2D eigenvalue weighted by Crippen LogP contribution is 2.20. The number of piperidine rings is 1. The van der Waals surface area contributed by atoms with Gasteiger partial charge in [0, 0.05) is 44.1 Å². The van der Waals surface area contributed by atoms with Gasteiger partial charge in [-0.2, -0.15) is 5.10 Å². The molecule has 0 bridgehead atoms. The van der Waals surface area contributed by atoms with E-state index < -0.39 is 5.60 Å². The first-order valence-electron chi connectivity index (χ1n) is 9.60. The van der Waals surface area contributed by atoms with E-state index in [0.29, 0.717) is 18.7 Å². The summed E-state index contributed by atoms with van der Waals surface area (Å²) in [4.78, 5) is 28.5. The van der Waals surface area contributed by atoms with Crippen LogP contribution in [0.3, 0.4) is 0 Å². The van der Waals surface area contributed by atoms with E-state index in [9.17, 15) is 9.59 Å². The van der Waals surface area contributed by atoms with E-state index in [1.165, 1.54) is 0 Å². The molecule has 1 aliphatic heterocycles. The van der Waals surface area contributed by atoms with Gasteiger partial charge in [-0.3, -0.25) is 4.79 Å². The highest BCUT2D eigenvalue weighted by Gasteiger charge is 2.30. The van der Waals surface area contributed by atoms with Crippen molar-refractivity contribution in [1.29, 1.82) is 0 Å². The molecule has 2 heterocycles. The van der Waals surface area contributed by atoms with Gasteiger partial charge in [0.25, 0.3) is 5.91 Å². The Balaban J connectivity index is 1.56. The lowest BCUT2D eigenvalue weighted by Gasteiger charge is -2.37. The molecule has 0 spiro atoms. The molecule has 7 heteroatoms. The van der Waals surface area contributed by atoms with Crippen LogP contribution in [0.25, 0.3) is 5.69 Å². The van der Waals surface area contributed by atoms with Crippen LogP contribution in [0.2, 0.25) is 0 Å². The van der Waals surface area contributed by atoms with Gasteiger partial charge in [-0.1, -0.05) is 0 Å². The van der Waals surface area contributed by atoms with Crippen LogP contribution in [0.1, 0.15) is 44.0 Å². The van der Waals surface area contributed by atoms with Crippen LogP contribution < -0.4 is 0 Å². The summed E-state index contributed by atoms with van der Waals surface area (Å²) in [5.74, 6) is -0.0114. The zero-order valence-corrected chi connectivity index (χ0v) is 17.0. The number of hydrogen-bond acceptors (Lipinski definition) is 4. The number of ether oxygens (including phenoxy) is 1. The largest absolute Gasteiger partial charge is 0.444 e. The van der Waals surface area contributed by atoms with Crippen LogP contribution in [-0.2, 0) is 4.74 Å². The molecule has 0 radical (unpaired) electrons. The molecule has 1 saturated heterocycles. The topological polar surface area (TPSA) is 67.7 Å². The zero-order chi connectivity index (χ0) is 20.3. The molecule has 150 valence electrons. The van der Waals surface area contributed by atoms with Crippen molar-refractivity contribution >= 4 is 12.0 Å². The van der Waals surface area contributed by atoms with E-state index in [4.69, 9.17) is 4.74 Å². The van der Waals surface area contributed by atoms with Gasteiger partial charge >= 0.3 is 6.09 Å². The second-order valence-electron chi connectivity index (χ2n) is 8.11. The minimum absolute atomic E-state index is 0.0114. The molecule has 1 aromatic heterocycles. The number of hydrogen-bond donors (Lipinski definition) is 0. The SMILES string of the molecule is CN(C(=O)c1ccc(-n2cccn2)cc1)C1CCN(C(=O)OC(C)(C)C)CC1. The molecule has 1 fully saturated rings. The summed E-state index contributed by atoms with van der Waals surface area (Å²) in [6.45, 7) is 6.77. The molecule has 0 unspecified atom stereocenters. The van der Waals surface area contributed by atoms with Crippen LogP contribution >= 0.6 is 0 Å². The number of rotatable bonds is 3. The standard InChI is InChI=1S/C21H28N4O3/c1-21(2,3)28-20(27)24-14-10-17(11-15-24)23(4)19(26)16-6-8-18(9-7-16)25-13-5-12-22-25/h5-9,12-13,17H,10-11,14-15H2,1-4H3. The molecule has 2 amide bonds. The van der Waals surface area contributed by atoms with Crippen LogP contribution in [0, 0.1) is 0 Å². The van der Waals surface area contributed by atoms with Crippen molar-refractivity contribution in [2.75, 3.05) is 20.1 Å². The van der Waals surface area contributed by atoms with E-state index in [2.05, 4.69) is 5.10 Å². The molecular weight excluding hydrogens is 356 g/mol. The fourth-order valence-electron chi connectivity index (χ4n) is 3.31. The average Bonchev–Trinajstić information content (AvgIpc) is 3.20.